The van der Waals surface area contributed by atoms with E-state index in [0.29, 0.717) is 5.82 Å². The second-order valence-corrected chi connectivity index (χ2v) is 12.9. The molecule has 8 aromatic carbocycles. The van der Waals surface area contributed by atoms with E-state index in [4.69, 9.17) is 14.4 Å². The van der Waals surface area contributed by atoms with E-state index in [1.54, 1.807) is 0 Å². The molecule has 238 valence electrons. The predicted octanol–water partition coefficient (Wildman–Crippen LogP) is 13.0. The first-order valence-electron chi connectivity index (χ1n) is 17.2. The monoisotopic (exact) mass is 650 g/mol. The van der Waals surface area contributed by atoms with Crippen molar-refractivity contribution < 1.29 is 4.42 Å². The smallest absolute Gasteiger partial charge is 0.160 e. The third-order valence-corrected chi connectivity index (χ3v) is 9.89. The summed E-state index contributed by atoms with van der Waals surface area (Å²) in [6, 6.07) is 63.8. The number of benzene rings is 8. The molecule has 10 rings (SSSR count). The Bertz CT molecular complexity index is 2840. The molecule has 0 aliphatic heterocycles. The summed E-state index contributed by atoms with van der Waals surface area (Å²) in [4.78, 5) is 10.4. The molecular formula is C48H30N2O. The predicted molar refractivity (Wildman–Crippen MR) is 212 cm³/mol. The lowest BCUT2D eigenvalue weighted by molar-refractivity contribution is 0.669. The number of hydrogen-bond acceptors (Lipinski definition) is 3. The van der Waals surface area contributed by atoms with E-state index in [0.717, 1.165) is 66.5 Å². The highest BCUT2D eigenvalue weighted by molar-refractivity contribution is 6.23. The van der Waals surface area contributed by atoms with Crippen LogP contribution in [0, 0.1) is 0 Å². The van der Waals surface area contributed by atoms with Gasteiger partial charge in [-0.05, 0) is 68.1 Å². The Balaban J connectivity index is 1.30. The summed E-state index contributed by atoms with van der Waals surface area (Å²) in [6.07, 6.45) is 0. The molecule has 51 heavy (non-hydrogen) atoms. The molecule has 2 heterocycles. The first kappa shape index (κ1) is 29.1. The van der Waals surface area contributed by atoms with Gasteiger partial charge in [-0.25, -0.2) is 9.97 Å². The Kier molecular flexibility index (Phi) is 6.81. The van der Waals surface area contributed by atoms with Crippen molar-refractivity contribution >= 4 is 43.5 Å². The van der Waals surface area contributed by atoms with Crippen molar-refractivity contribution in [3.63, 3.8) is 0 Å². The lowest BCUT2D eigenvalue weighted by Crippen LogP contribution is -1.96. The molecule has 0 saturated carbocycles. The highest BCUT2D eigenvalue weighted by Gasteiger charge is 2.21. The fourth-order valence-corrected chi connectivity index (χ4v) is 7.50. The van der Waals surface area contributed by atoms with Crippen molar-refractivity contribution in [2.24, 2.45) is 0 Å². The number of hydrogen-bond donors (Lipinski definition) is 0. The van der Waals surface area contributed by atoms with Gasteiger partial charge < -0.3 is 4.42 Å². The fraction of sp³-hybridized carbons (Fsp3) is 0. The fourth-order valence-electron chi connectivity index (χ4n) is 7.50. The van der Waals surface area contributed by atoms with Crippen LogP contribution < -0.4 is 0 Å². The lowest BCUT2D eigenvalue weighted by Gasteiger charge is -2.15. The van der Waals surface area contributed by atoms with Crippen molar-refractivity contribution in [3.05, 3.63) is 182 Å². The molecule has 0 unspecified atom stereocenters. The molecule has 3 nitrogen and oxygen atoms in total. The summed E-state index contributed by atoms with van der Waals surface area (Å²) < 4.78 is 6.78. The Labute approximate surface area is 295 Å². The van der Waals surface area contributed by atoms with Crippen molar-refractivity contribution in [1.82, 2.24) is 9.97 Å². The van der Waals surface area contributed by atoms with Gasteiger partial charge in [0.05, 0.1) is 11.4 Å². The summed E-state index contributed by atoms with van der Waals surface area (Å²) in [5.41, 5.74) is 11.0. The van der Waals surface area contributed by atoms with Gasteiger partial charge in [0.1, 0.15) is 11.2 Å². The summed E-state index contributed by atoms with van der Waals surface area (Å²) in [5.74, 6) is 0.681. The van der Waals surface area contributed by atoms with Crippen LogP contribution in [0.5, 0.6) is 0 Å². The van der Waals surface area contributed by atoms with Crippen LogP contribution in [-0.4, -0.2) is 9.97 Å². The average Bonchev–Trinajstić information content (AvgIpc) is 3.60. The maximum absolute atomic E-state index is 6.78. The third kappa shape index (κ3) is 4.98. The van der Waals surface area contributed by atoms with E-state index >= 15 is 0 Å². The SMILES string of the molecule is c1ccc(-c2cc(-c3cc(-c4ccc(-c5ccccc5)c5ccccc45)cc4oc5ccc6ccccc6c5c34)nc(-c3ccccc3)n2)cc1. The number of nitrogens with zero attached hydrogens (tertiary/aromatic N) is 2. The molecule has 0 spiro atoms. The largest absolute Gasteiger partial charge is 0.456 e. The third-order valence-electron chi connectivity index (χ3n) is 9.89. The van der Waals surface area contributed by atoms with Gasteiger partial charge in [-0.15, -0.1) is 0 Å². The van der Waals surface area contributed by atoms with E-state index in [9.17, 15) is 0 Å². The molecule has 0 saturated heterocycles. The van der Waals surface area contributed by atoms with Crippen LogP contribution >= 0.6 is 0 Å². The van der Waals surface area contributed by atoms with Crippen LogP contribution in [0.15, 0.2) is 186 Å². The van der Waals surface area contributed by atoms with Crippen molar-refractivity contribution in [2.75, 3.05) is 0 Å². The molecule has 0 bridgehead atoms. The van der Waals surface area contributed by atoms with Gasteiger partial charge in [0, 0.05) is 27.5 Å². The average molecular weight is 651 g/mol. The van der Waals surface area contributed by atoms with E-state index < -0.39 is 0 Å². The molecule has 3 heteroatoms. The van der Waals surface area contributed by atoms with Gasteiger partial charge in [0.15, 0.2) is 5.82 Å². The molecule has 0 aliphatic carbocycles. The number of aromatic nitrogens is 2. The molecule has 0 amide bonds. The van der Waals surface area contributed by atoms with Gasteiger partial charge in [-0.2, -0.15) is 0 Å². The highest BCUT2D eigenvalue weighted by Crippen LogP contribution is 2.45. The van der Waals surface area contributed by atoms with Gasteiger partial charge in [0.2, 0.25) is 0 Å². The molecule has 0 radical (unpaired) electrons. The molecular weight excluding hydrogens is 621 g/mol. The van der Waals surface area contributed by atoms with E-state index in [1.807, 2.05) is 24.3 Å². The maximum atomic E-state index is 6.78. The topological polar surface area (TPSA) is 38.9 Å². The zero-order valence-electron chi connectivity index (χ0n) is 27.6. The van der Waals surface area contributed by atoms with Gasteiger partial charge in [-0.1, -0.05) is 158 Å². The highest BCUT2D eigenvalue weighted by atomic mass is 16.3. The molecule has 0 atom stereocenters. The van der Waals surface area contributed by atoms with Crippen molar-refractivity contribution in [1.29, 1.82) is 0 Å². The van der Waals surface area contributed by atoms with Gasteiger partial charge >= 0.3 is 0 Å². The van der Waals surface area contributed by atoms with Crippen LogP contribution in [0.25, 0.3) is 99.6 Å². The van der Waals surface area contributed by atoms with E-state index in [-0.39, 0.29) is 0 Å². The van der Waals surface area contributed by atoms with Crippen molar-refractivity contribution in [3.8, 4) is 56.2 Å². The first-order valence-corrected chi connectivity index (χ1v) is 17.2. The zero-order valence-corrected chi connectivity index (χ0v) is 27.6. The minimum Gasteiger partial charge on any atom is -0.456 e. The van der Waals surface area contributed by atoms with E-state index in [1.165, 1.54) is 27.3 Å². The maximum Gasteiger partial charge on any atom is 0.160 e. The van der Waals surface area contributed by atoms with Gasteiger partial charge in [-0.3, -0.25) is 0 Å². The number of fused-ring (bicyclic) bond motifs is 6. The van der Waals surface area contributed by atoms with Crippen LogP contribution in [0.3, 0.4) is 0 Å². The van der Waals surface area contributed by atoms with E-state index in [2.05, 4.69) is 158 Å². The molecule has 2 aromatic heterocycles. The summed E-state index contributed by atoms with van der Waals surface area (Å²) >= 11 is 0. The molecule has 0 fully saturated rings. The summed E-state index contributed by atoms with van der Waals surface area (Å²) in [6.45, 7) is 0. The van der Waals surface area contributed by atoms with Crippen LogP contribution in [-0.2, 0) is 0 Å². The van der Waals surface area contributed by atoms with Crippen LogP contribution in [0.4, 0.5) is 0 Å². The Morgan fingerprint density at radius 1 is 0.333 bits per heavy atom. The van der Waals surface area contributed by atoms with Crippen molar-refractivity contribution in [2.45, 2.75) is 0 Å². The standard InChI is InChI=1S/C48H30N2O/c1-4-14-31(15-5-1)36-25-26-37(40-23-13-12-22-39(36)40)35-28-41(47-45(29-35)51-44-27-24-32-16-10-11-21-38(32)46(44)47)43-30-42(33-17-6-2-7-18-33)49-48(50-43)34-19-8-3-9-20-34/h1-30H. The lowest BCUT2D eigenvalue weighted by atomic mass is 9.90. The number of rotatable bonds is 5. The second kappa shape index (κ2) is 11.9. The Morgan fingerprint density at radius 2 is 0.902 bits per heavy atom. The summed E-state index contributed by atoms with van der Waals surface area (Å²) in [7, 11) is 0. The Hall–Kier alpha value is -6.84. The zero-order chi connectivity index (χ0) is 33.7. The number of furan rings is 1. The Morgan fingerprint density at radius 3 is 1.61 bits per heavy atom. The van der Waals surface area contributed by atoms with Crippen LogP contribution in [0.1, 0.15) is 0 Å². The minimum atomic E-state index is 0.681. The minimum absolute atomic E-state index is 0.681. The first-order chi connectivity index (χ1) is 25.3. The molecule has 0 N–H and O–H groups in total. The summed E-state index contributed by atoms with van der Waals surface area (Å²) in [5, 5.41) is 6.85. The van der Waals surface area contributed by atoms with Crippen LogP contribution in [0.2, 0.25) is 0 Å². The molecule has 10 aromatic rings. The second-order valence-electron chi connectivity index (χ2n) is 12.9. The normalized spacial score (nSPS) is 11.5. The quantitative estimate of drug-likeness (QED) is 0.186. The van der Waals surface area contributed by atoms with Gasteiger partial charge in [0.25, 0.3) is 0 Å². The molecule has 0 aliphatic rings.